The van der Waals surface area contributed by atoms with Crippen LogP contribution < -0.4 is 15.0 Å². The quantitative estimate of drug-likeness (QED) is 0.390. The third-order valence-electron chi connectivity index (χ3n) is 7.27. The van der Waals surface area contributed by atoms with Crippen LogP contribution in [0.25, 0.3) is 0 Å². The number of primary sulfonamides is 1. The number of hydrogen-bond acceptors (Lipinski definition) is 5. The molecule has 3 aromatic carbocycles. The summed E-state index contributed by atoms with van der Waals surface area (Å²) in [7, 11) is -3.97. The molecule has 11 heteroatoms. The number of anilines is 2. The van der Waals surface area contributed by atoms with E-state index >= 15 is 0 Å². The van der Waals surface area contributed by atoms with Crippen molar-refractivity contribution in [2.24, 2.45) is 10.2 Å². The number of alkyl halides is 3. The summed E-state index contributed by atoms with van der Waals surface area (Å²) in [5.74, 6) is -0.575. The third kappa shape index (κ3) is 5.07. The first-order valence-electron chi connectivity index (χ1n) is 12.8. The van der Waals surface area contributed by atoms with Gasteiger partial charge in [0.25, 0.3) is 5.91 Å². The van der Waals surface area contributed by atoms with Gasteiger partial charge in [-0.1, -0.05) is 44.2 Å². The van der Waals surface area contributed by atoms with Crippen LogP contribution in [0.5, 0.6) is 0 Å². The molecule has 0 radical (unpaired) electrons. The number of nitrogens with zero attached hydrogens (tertiary/aromatic N) is 3. The number of halogens is 3. The Morgan fingerprint density at radius 2 is 1.66 bits per heavy atom. The Labute approximate surface area is 236 Å². The van der Waals surface area contributed by atoms with E-state index < -0.39 is 33.1 Å². The highest BCUT2D eigenvalue weighted by molar-refractivity contribution is 7.89. The molecule has 0 atom stereocenters. The van der Waals surface area contributed by atoms with Crippen molar-refractivity contribution in [1.82, 2.24) is 0 Å². The van der Waals surface area contributed by atoms with Crippen molar-refractivity contribution in [2.45, 2.75) is 37.3 Å². The lowest BCUT2D eigenvalue weighted by atomic mass is 9.83. The summed E-state index contributed by atoms with van der Waals surface area (Å²) in [4.78, 5) is 15.7. The molecule has 7 nitrogen and oxygen atoms in total. The van der Waals surface area contributed by atoms with Gasteiger partial charge in [0.05, 0.1) is 21.7 Å². The minimum Gasteiger partial charge on any atom is -0.344 e. The van der Waals surface area contributed by atoms with Gasteiger partial charge in [0.2, 0.25) is 10.0 Å². The van der Waals surface area contributed by atoms with Crippen LogP contribution in [-0.4, -0.2) is 26.6 Å². The number of allylic oxidation sites excluding steroid dienone is 3. The highest BCUT2D eigenvalue weighted by atomic mass is 32.2. The van der Waals surface area contributed by atoms with E-state index in [1.54, 1.807) is 6.08 Å². The van der Waals surface area contributed by atoms with Crippen molar-refractivity contribution in [2.75, 3.05) is 16.5 Å². The molecular weight excluding hydrogens is 553 g/mol. The van der Waals surface area contributed by atoms with Gasteiger partial charge in [-0.2, -0.15) is 23.3 Å². The molecule has 0 saturated carbocycles. The summed E-state index contributed by atoms with van der Waals surface area (Å²) in [6, 6.07) is 17.8. The maximum atomic E-state index is 13.7. The van der Waals surface area contributed by atoms with Gasteiger partial charge < -0.3 is 4.90 Å². The Balaban J connectivity index is 1.64. The van der Waals surface area contributed by atoms with E-state index in [2.05, 4.69) is 29.9 Å². The average molecular weight is 581 g/mol. The average Bonchev–Trinajstić information content (AvgIpc) is 3.36. The Kier molecular flexibility index (Phi) is 6.91. The van der Waals surface area contributed by atoms with E-state index in [4.69, 9.17) is 5.14 Å². The van der Waals surface area contributed by atoms with Crippen molar-refractivity contribution >= 4 is 33.0 Å². The monoisotopic (exact) mass is 580 g/mol. The second kappa shape index (κ2) is 10.0. The van der Waals surface area contributed by atoms with Gasteiger partial charge in [0, 0.05) is 28.9 Å². The molecule has 0 aliphatic carbocycles. The highest BCUT2D eigenvalue weighted by Gasteiger charge is 2.40. The number of amides is 1. The predicted molar refractivity (Wildman–Crippen MR) is 152 cm³/mol. The predicted octanol–water partition coefficient (Wildman–Crippen LogP) is 5.73. The molecule has 0 fully saturated rings. The zero-order valence-electron chi connectivity index (χ0n) is 22.5. The molecule has 3 aromatic rings. The van der Waals surface area contributed by atoms with Crippen molar-refractivity contribution < 1.29 is 26.4 Å². The fraction of sp³-hybridized carbons (Fsp3) is 0.200. The molecule has 2 aliphatic rings. The first-order valence-corrected chi connectivity index (χ1v) is 14.3. The summed E-state index contributed by atoms with van der Waals surface area (Å²) in [5, 5.41) is 10.6. The molecule has 1 amide bonds. The summed E-state index contributed by atoms with van der Waals surface area (Å²) in [6.07, 6.45) is -1.19. The number of para-hydroxylation sites is 1. The van der Waals surface area contributed by atoms with E-state index in [1.165, 1.54) is 36.4 Å². The van der Waals surface area contributed by atoms with Gasteiger partial charge in [0.15, 0.2) is 0 Å². The number of nitrogens with two attached hydrogens (primary N) is 1. The summed E-state index contributed by atoms with van der Waals surface area (Å²) in [6.45, 7) is 6.83. The van der Waals surface area contributed by atoms with E-state index in [9.17, 15) is 26.4 Å². The van der Waals surface area contributed by atoms with Crippen LogP contribution in [-0.2, 0) is 26.4 Å². The topological polar surface area (TPSA) is 96.1 Å². The van der Waals surface area contributed by atoms with Crippen molar-refractivity contribution in [3.8, 4) is 0 Å². The fourth-order valence-corrected chi connectivity index (χ4v) is 5.73. The zero-order chi connectivity index (χ0) is 29.7. The first kappa shape index (κ1) is 28.3. The number of carbonyl (C=O) groups is 1. The zero-order valence-corrected chi connectivity index (χ0v) is 23.3. The maximum absolute atomic E-state index is 13.7. The van der Waals surface area contributed by atoms with Crippen molar-refractivity contribution in [3.05, 3.63) is 113 Å². The Morgan fingerprint density at radius 1 is 0.976 bits per heavy atom. The van der Waals surface area contributed by atoms with Crippen LogP contribution in [0.2, 0.25) is 0 Å². The van der Waals surface area contributed by atoms with Gasteiger partial charge in [-0.3, -0.25) is 4.79 Å². The SMILES string of the molecule is CCN1/C(=C/C=C2\C(=O)N(c3ccc(S(N)(=O)=O)cc3)N=C2c2cccc(C(F)(F)F)c2)C(C)(C)c2ccccc21. The molecular formula is C30H27F3N4O3S. The molecule has 2 aliphatic heterocycles. The Morgan fingerprint density at radius 3 is 2.29 bits per heavy atom. The largest absolute Gasteiger partial charge is 0.416 e. The second-order valence-corrected chi connectivity index (χ2v) is 11.8. The molecule has 0 aromatic heterocycles. The van der Waals surface area contributed by atoms with Gasteiger partial charge in [-0.15, -0.1) is 0 Å². The van der Waals surface area contributed by atoms with Gasteiger partial charge in [-0.25, -0.2) is 13.6 Å². The number of hydrogen-bond donors (Lipinski definition) is 1. The number of rotatable bonds is 5. The lowest BCUT2D eigenvalue weighted by Gasteiger charge is -2.26. The van der Waals surface area contributed by atoms with Crippen LogP contribution in [0.4, 0.5) is 24.5 Å². The molecule has 212 valence electrons. The maximum Gasteiger partial charge on any atom is 0.416 e. The molecule has 5 rings (SSSR count). The van der Waals surface area contributed by atoms with Gasteiger partial charge in [-0.05, 0) is 67.1 Å². The summed E-state index contributed by atoms with van der Waals surface area (Å²) >= 11 is 0. The van der Waals surface area contributed by atoms with E-state index in [1.807, 2.05) is 31.2 Å². The first-order chi connectivity index (χ1) is 19.2. The summed E-state index contributed by atoms with van der Waals surface area (Å²) in [5.41, 5.74) is 2.30. The third-order valence-corrected chi connectivity index (χ3v) is 8.20. The Bertz CT molecular complexity index is 1740. The van der Waals surface area contributed by atoms with Crippen LogP contribution >= 0.6 is 0 Å². The van der Waals surface area contributed by atoms with E-state index in [0.717, 1.165) is 34.1 Å². The van der Waals surface area contributed by atoms with Crippen LogP contribution in [0.3, 0.4) is 0 Å². The number of carbonyl (C=O) groups excluding carboxylic acids is 1. The van der Waals surface area contributed by atoms with Crippen LogP contribution in [0.1, 0.15) is 37.5 Å². The van der Waals surface area contributed by atoms with E-state index in [0.29, 0.717) is 6.54 Å². The second-order valence-electron chi connectivity index (χ2n) is 10.2. The Hall–Kier alpha value is -4.22. The lowest BCUT2D eigenvalue weighted by molar-refractivity contribution is -0.137. The molecule has 0 spiro atoms. The number of sulfonamides is 1. The van der Waals surface area contributed by atoms with Crippen molar-refractivity contribution in [3.63, 3.8) is 0 Å². The molecule has 41 heavy (non-hydrogen) atoms. The van der Waals surface area contributed by atoms with Gasteiger partial charge in [0.1, 0.15) is 5.71 Å². The molecule has 0 saturated heterocycles. The number of likely N-dealkylation sites (N-methyl/N-ethyl adjacent to an activating group) is 1. The number of hydrazone groups is 1. The standard InChI is InChI=1S/C30H27F3N4O3S/c1-4-36-25-11-6-5-10-24(25)29(2,3)26(36)17-16-23-27(19-8-7-9-20(18-19)30(31,32)33)35-37(28(23)38)21-12-14-22(15-13-21)41(34,39)40/h5-18H,4H2,1-3H3,(H2,34,39,40)/b23-16-,26-17+. The molecule has 0 bridgehead atoms. The van der Waals surface area contributed by atoms with Crippen LogP contribution in [0.15, 0.2) is 106 Å². The normalized spacial score (nSPS) is 18.8. The lowest BCUT2D eigenvalue weighted by Crippen LogP contribution is -2.26. The minimum atomic E-state index is -4.59. The number of benzene rings is 3. The molecule has 2 N–H and O–H groups in total. The molecule has 0 unspecified atom stereocenters. The van der Waals surface area contributed by atoms with Gasteiger partial charge >= 0.3 is 6.18 Å². The van der Waals surface area contributed by atoms with Crippen molar-refractivity contribution in [1.29, 1.82) is 0 Å². The highest BCUT2D eigenvalue weighted by Crippen LogP contribution is 2.47. The smallest absolute Gasteiger partial charge is 0.344 e. The van der Waals surface area contributed by atoms with Crippen LogP contribution in [0, 0.1) is 0 Å². The molecule has 2 heterocycles. The number of fused-ring (bicyclic) bond motifs is 1. The minimum absolute atomic E-state index is 0.0600. The van der Waals surface area contributed by atoms with E-state index in [-0.39, 0.29) is 27.4 Å². The summed E-state index contributed by atoms with van der Waals surface area (Å²) < 4.78 is 64.0. The fourth-order valence-electron chi connectivity index (χ4n) is 5.22.